The fourth-order valence-electron chi connectivity index (χ4n) is 9.79. The van der Waals surface area contributed by atoms with Gasteiger partial charge in [0.15, 0.2) is 5.60 Å². The summed E-state index contributed by atoms with van der Waals surface area (Å²) in [6.45, 7) is 16.3. The van der Waals surface area contributed by atoms with Gasteiger partial charge in [-0.3, -0.25) is 0 Å². The number of esters is 1. The van der Waals surface area contributed by atoms with Gasteiger partial charge in [-0.05, 0) is 84.9 Å². The molecule has 188 valence electrons. The van der Waals surface area contributed by atoms with Crippen LogP contribution in [0.15, 0.2) is 11.6 Å². The molecule has 4 aliphatic carbocycles. The van der Waals surface area contributed by atoms with Crippen LogP contribution in [0.3, 0.4) is 0 Å². The number of hydrogen-bond donors (Lipinski definition) is 1. The SMILES string of the molecule is COC(=O)[C@]1(O)C[C@]2(C)C(=CC[C@H]3[C@H]4CC[C@@H]([C@H](C)CCCC(C)C)[C@@]4(C)CC[C@@H]32)C1(C)C. The molecule has 0 aromatic carbocycles. The molecular weight excluding hydrogens is 408 g/mol. The van der Waals surface area contributed by atoms with Crippen LogP contribution in [0.4, 0.5) is 0 Å². The van der Waals surface area contributed by atoms with E-state index in [1.165, 1.54) is 57.6 Å². The summed E-state index contributed by atoms with van der Waals surface area (Å²) in [5.74, 6) is 4.03. The first-order valence-electron chi connectivity index (χ1n) is 13.8. The van der Waals surface area contributed by atoms with Crippen molar-refractivity contribution in [2.45, 2.75) is 112 Å². The normalized spacial score (nSPS) is 44.6. The maximum absolute atomic E-state index is 12.8. The third-order valence-electron chi connectivity index (χ3n) is 11.5. The minimum absolute atomic E-state index is 0.113. The second-order valence-electron chi connectivity index (χ2n) is 13.8. The number of methoxy groups -OCH3 is 1. The number of ether oxygens (including phenoxy) is 1. The molecule has 4 aliphatic rings. The molecule has 0 bridgehead atoms. The standard InChI is InChI=1S/C30H50O3/c1-19(2)10-9-11-20(3)22-13-14-23-21-12-15-25-27(4,5)30(32,26(31)33-8)18-29(25,7)24(21)16-17-28(22,23)6/h15,19-24,32H,9-14,16-18H2,1-8H3/t20-,21+,22+,23-,24+,28-,29+,30-/m1/s1. The molecule has 0 unspecified atom stereocenters. The first kappa shape index (κ1) is 25.3. The summed E-state index contributed by atoms with van der Waals surface area (Å²) < 4.78 is 5.12. The maximum Gasteiger partial charge on any atom is 0.338 e. The van der Waals surface area contributed by atoms with Crippen LogP contribution in [-0.2, 0) is 9.53 Å². The van der Waals surface area contributed by atoms with Crippen molar-refractivity contribution in [1.29, 1.82) is 0 Å². The van der Waals surface area contributed by atoms with Gasteiger partial charge in [-0.25, -0.2) is 4.79 Å². The Hall–Kier alpha value is -0.830. The molecule has 0 aromatic rings. The molecule has 33 heavy (non-hydrogen) atoms. The van der Waals surface area contributed by atoms with Crippen LogP contribution in [0.5, 0.6) is 0 Å². The Morgan fingerprint density at radius 1 is 1.09 bits per heavy atom. The van der Waals surface area contributed by atoms with Crippen molar-refractivity contribution in [1.82, 2.24) is 0 Å². The monoisotopic (exact) mass is 458 g/mol. The first-order valence-corrected chi connectivity index (χ1v) is 13.8. The van der Waals surface area contributed by atoms with Crippen LogP contribution in [0.25, 0.3) is 0 Å². The lowest BCUT2D eigenvalue weighted by atomic mass is 9.48. The van der Waals surface area contributed by atoms with Crippen LogP contribution in [0, 0.1) is 51.8 Å². The van der Waals surface area contributed by atoms with Gasteiger partial charge < -0.3 is 9.84 Å². The van der Waals surface area contributed by atoms with Gasteiger partial charge in [0, 0.05) is 5.41 Å². The van der Waals surface area contributed by atoms with Crippen LogP contribution in [0.2, 0.25) is 0 Å². The molecule has 4 rings (SSSR count). The predicted octanol–water partition coefficient (Wildman–Crippen LogP) is 7.18. The van der Waals surface area contributed by atoms with Crippen molar-refractivity contribution < 1.29 is 14.6 Å². The topological polar surface area (TPSA) is 46.5 Å². The molecule has 0 radical (unpaired) electrons. The summed E-state index contributed by atoms with van der Waals surface area (Å²) in [5.41, 5.74) is -0.362. The molecular formula is C30H50O3. The smallest absolute Gasteiger partial charge is 0.338 e. The van der Waals surface area contributed by atoms with Gasteiger partial charge in [0.2, 0.25) is 0 Å². The summed E-state index contributed by atoms with van der Waals surface area (Å²) in [6, 6.07) is 0. The number of hydrogen-bond acceptors (Lipinski definition) is 3. The summed E-state index contributed by atoms with van der Waals surface area (Å²) in [7, 11) is 1.41. The molecule has 0 spiro atoms. The van der Waals surface area contributed by atoms with Gasteiger partial charge in [-0.15, -0.1) is 0 Å². The zero-order valence-electron chi connectivity index (χ0n) is 22.7. The molecule has 0 heterocycles. The summed E-state index contributed by atoms with van der Waals surface area (Å²) in [5, 5.41) is 11.6. The number of aliphatic hydroxyl groups is 1. The zero-order valence-corrected chi connectivity index (χ0v) is 22.7. The Balaban J connectivity index is 1.58. The fraction of sp³-hybridized carbons (Fsp3) is 0.900. The van der Waals surface area contributed by atoms with Crippen molar-refractivity contribution in [3.8, 4) is 0 Å². The Bertz CT molecular complexity index is 796. The van der Waals surface area contributed by atoms with Crippen LogP contribution >= 0.6 is 0 Å². The fourth-order valence-corrected chi connectivity index (χ4v) is 9.79. The molecule has 0 amide bonds. The second kappa shape index (κ2) is 8.38. The minimum Gasteiger partial charge on any atom is -0.467 e. The van der Waals surface area contributed by atoms with Crippen molar-refractivity contribution in [2.24, 2.45) is 51.8 Å². The predicted molar refractivity (Wildman–Crippen MR) is 135 cm³/mol. The summed E-state index contributed by atoms with van der Waals surface area (Å²) in [4.78, 5) is 12.8. The largest absolute Gasteiger partial charge is 0.467 e. The Labute approximate surface area is 203 Å². The third kappa shape index (κ3) is 3.57. The van der Waals surface area contributed by atoms with E-state index in [9.17, 15) is 9.90 Å². The number of carbonyl (C=O) groups excluding carboxylic acids is 1. The number of allylic oxidation sites excluding steroid dienone is 1. The number of carbonyl (C=O) groups is 1. The maximum atomic E-state index is 12.8. The quantitative estimate of drug-likeness (QED) is 0.339. The number of rotatable bonds is 6. The van der Waals surface area contributed by atoms with Crippen molar-refractivity contribution in [2.75, 3.05) is 7.11 Å². The van der Waals surface area contributed by atoms with Crippen LogP contribution in [-0.4, -0.2) is 23.8 Å². The van der Waals surface area contributed by atoms with Crippen LogP contribution < -0.4 is 0 Å². The van der Waals surface area contributed by atoms with Gasteiger partial charge in [0.05, 0.1) is 7.11 Å². The van der Waals surface area contributed by atoms with Gasteiger partial charge in [0.1, 0.15) is 0 Å². The lowest BCUT2D eigenvalue weighted by molar-refractivity contribution is -0.172. The van der Waals surface area contributed by atoms with Crippen LogP contribution in [0.1, 0.15) is 106 Å². The van der Waals surface area contributed by atoms with Crippen molar-refractivity contribution >= 4 is 5.97 Å². The average Bonchev–Trinajstić information content (AvgIpc) is 3.17. The molecule has 3 saturated carbocycles. The molecule has 3 heteroatoms. The van der Waals surface area contributed by atoms with Crippen molar-refractivity contribution in [3.05, 3.63) is 11.6 Å². The molecule has 0 aliphatic heterocycles. The van der Waals surface area contributed by atoms with Crippen molar-refractivity contribution in [3.63, 3.8) is 0 Å². The second-order valence-corrected chi connectivity index (χ2v) is 13.8. The lowest BCUT2D eigenvalue weighted by Crippen LogP contribution is -2.49. The summed E-state index contributed by atoms with van der Waals surface area (Å²) >= 11 is 0. The molecule has 3 nitrogen and oxygen atoms in total. The molecule has 0 aromatic heterocycles. The summed E-state index contributed by atoms with van der Waals surface area (Å²) in [6.07, 6.45) is 13.4. The van der Waals surface area contributed by atoms with Gasteiger partial charge >= 0.3 is 5.97 Å². The average molecular weight is 459 g/mol. The minimum atomic E-state index is -1.43. The van der Waals surface area contributed by atoms with E-state index in [-0.39, 0.29) is 5.41 Å². The lowest BCUT2D eigenvalue weighted by Gasteiger charge is -2.56. The van der Waals surface area contributed by atoms with Gasteiger partial charge in [-0.2, -0.15) is 0 Å². The Morgan fingerprint density at radius 2 is 1.79 bits per heavy atom. The zero-order chi connectivity index (χ0) is 24.4. The van der Waals surface area contributed by atoms with Gasteiger partial charge in [-0.1, -0.05) is 79.4 Å². The van der Waals surface area contributed by atoms with E-state index in [0.29, 0.717) is 23.7 Å². The highest BCUT2D eigenvalue weighted by Gasteiger charge is 2.69. The van der Waals surface area contributed by atoms with E-state index >= 15 is 0 Å². The highest BCUT2D eigenvalue weighted by Crippen LogP contribution is 2.71. The van der Waals surface area contributed by atoms with E-state index in [0.717, 1.165) is 30.1 Å². The highest BCUT2D eigenvalue weighted by atomic mass is 16.5. The molecule has 8 atom stereocenters. The van der Waals surface area contributed by atoms with E-state index in [2.05, 4.69) is 54.5 Å². The van der Waals surface area contributed by atoms with E-state index in [1.807, 2.05) is 0 Å². The Kier molecular flexibility index (Phi) is 6.42. The van der Waals surface area contributed by atoms with E-state index in [1.54, 1.807) is 0 Å². The first-order chi connectivity index (χ1) is 15.3. The van der Waals surface area contributed by atoms with E-state index < -0.39 is 17.0 Å². The third-order valence-corrected chi connectivity index (χ3v) is 11.5. The Morgan fingerprint density at radius 3 is 2.42 bits per heavy atom. The molecule has 1 N–H and O–H groups in total. The number of fused-ring (bicyclic) bond motifs is 5. The van der Waals surface area contributed by atoms with E-state index in [4.69, 9.17) is 4.74 Å². The highest BCUT2D eigenvalue weighted by molar-refractivity contribution is 5.82. The molecule has 0 saturated heterocycles. The molecule has 3 fully saturated rings. The van der Waals surface area contributed by atoms with Gasteiger partial charge in [0.25, 0.3) is 0 Å².